The highest BCUT2D eigenvalue weighted by Gasteiger charge is 2.56. The minimum absolute atomic E-state index is 0.0700. The third-order valence-electron chi connectivity index (χ3n) is 11.1. The maximum Gasteiger partial charge on any atom is 0.350 e. The molecule has 12 nitrogen and oxygen atoms in total. The molecular weight excluding hydrogens is 764 g/mol. The predicted octanol–water partition coefficient (Wildman–Crippen LogP) is 7.03. The van der Waals surface area contributed by atoms with Crippen molar-refractivity contribution in [2.75, 3.05) is 6.61 Å². The van der Waals surface area contributed by atoms with Crippen molar-refractivity contribution >= 4 is 45.6 Å². The molecular formula is C41H43BrO12. The van der Waals surface area contributed by atoms with E-state index in [0.717, 1.165) is 0 Å². The fourth-order valence-corrected chi connectivity index (χ4v) is 7.96. The fraction of sp³-hybridized carbons (Fsp3) is 0.390. The zero-order valence-electron chi connectivity index (χ0n) is 31.8. The standard InChI is InChI=1S/C41H43BrO12/c1-16-14-28(18(3)19(4)29(16)38(47)53-34-23(8)20(5)30(37(45)46)21(6)24(34)9)52-39(48)31-22(7)25(10)35(32(42)33(31)44)54-40(49)41(50)17(2)15-27(43)26-12-11-13-51-36(26)41/h14-15,26,36,44,50H,11-13H2,1-10H3,(H,45,46)/t26?,36?,41-/m1/s1. The van der Waals surface area contributed by atoms with E-state index in [2.05, 4.69) is 15.9 Å². The summed E-state index contributed by atoms with van der Waals surface area (Å²) >= 11 is 3.26. The van der Waals surface area contributed by atoms with E-state index in [0.29, 0.717) is 51.8 Å². The lowest BCUT2D eigenvalue weighted by Crippen LogP contribution is -2.61. The summed E-state index contributed by atoms with van der Waals surface area (Å²) in [6.07, 6.45) is 1.12. The first-order chi connectivity index (χ1) is 25.2. The lowest BCUT2D eigenvalue weighted by molar-refractivity contribution is -0.182. The second kappa shape index (κ2) is 14.8. The molecule has 0 saturated carbocycles. The summed E-state index contributed by atoms with van der Waals surface area (Å²) in [5, 5.41) is 32.7. The zero-order valence-corrected chi connectivity index (χ0v) is 33.4. The maximum atomic E-state index is 13.7. The van der Waals surface area contributed by atoms with Crippen molar-refractivity contribution in [2.24, 2.45) is 5.92 Å². The molecule has 286 valence electrons. The number of carbonyl (C=O) groups is 5. The number of fused-ring (bicyclic) bond motifs is 1. The number of aryl methyl sites for hydroxylation is 1. The van der Waals surface area contributed by atoms with Crippen LogP contribution < -0.4 is 14.2 Å². The van der Waals surface area contributed by atoms with Crippen LogP contribution in [0.4, 0.5) is 0 Å². The number of ether oxygens (including phenoxy) is 4. The second-order valence-corrected chi connectivity index (χ2v) is 14.9. The van der Waals surface area contributed by atoms with Gasteiger partial charge in [-0.1, -0.05) is 0 Å². The van der Waals surface area contributed by atoms with Crippen molar-refractivity contribution in [3.63, 3.8) is 0 Å². The van der Waals surface area contributed by atoms with Gasteiger partial charge in [-0.15, -0.1) is 0 Å². The van der Waals surface area contributed by atoms with Crippen LogP contribution in [0.25, 0.3) is 0 Å². The van der Waals surface area contributed by atoms with Crippen molar-refractivity contribution in [2.45, 2.75) is 93.8 Å². The molecule has 5 rings (SSSR count). The number of carbonyl (C=O) groups excluding carboxylic acids is 4. The quantitative estimate of drug-likeness (QED) is 0.164. The number of ketones is 1. The highest BCUT2D eigenvalue weighted by Crippen LogP contribution is 2.45. The smallest absolute Gasteiger partial charge is 0.350 e. The van der Waals surface area contributed by atoms with Crippen molar-refractivity contribution in [3.05, 3.63) is 88.9 Å². The SMILES string of the molecule is CC1=CC(=O)C2CCCOC2[C@@]1(O)C(=O)Oc1c(C)c(C)c(C(=O)Oc2cc(C)c(C(=O)Oc3c(C)c(C)c(C(=O)O)c(C)c3C)c(C)c2C)c(O)c1Br. The Morgan fingerprint density at radius 1 is 0.759 bits per heavy atom. The predicted molar refractivity (Wildman–Crippen MR) is 200 cm³/mol. The van der Waals surface area contributed by atoms with Gasteiger partial charge < -0.3 is 34.3 Å². The molecule has 2 unspecified atom stereocenters. The van der Waals surface area contributed by atoms with E-state index in [1.54, 1.807) is 55.4 Å². The van der Waals surface area contributed by atoms with E-state index in [1.165, 1.54) is 26.0 Å². The fourth-order valence-electron chi connectivity index (χ4n) is 7.39. The summed E-state index contributed by atoms with van der Waals surface area (Å²) in [7, 11) is 0. The first-order valence-electron chi connectivity index (χ1n) is 17.4. The number of aromatic carboxylic acids is 1. The van der Waals surface area contributed by atoms with E-state index >= 15 is 0 Å². The van der Waals surface area contributed by atoms with Gasteiger partial charge in [0.15, 0.2) is 11.5 Å². The number of halogens is 1. The molecule has 1 aliphatic carbocycles. The molecule has 0 bridgehead atoms. The molecule has 0 aromatic heterocycles. The molecule has 54 heavy (non-hydrogen) atoms. The van der Waals surface area contributed by atoms with Crippen LogP contribution in [0.15, 0.2) is 22.2 Å². The van der Waals surface area contributed by atoms with E-state index in [-0.39, 0.29) is 67.5 Å². The van der Waals surface area contributed by atoms with Crippen LogP contribution in [0.1, 0.15) is 101 Å². The zero-order chi connectivity index (χ0) is 40.3. The van der Waals surface area contributed by atoms with E-state index < -0.39 is 47.2 Å². The third-order valence-corrected chi connectivity index (χ3v) is 11.8. The Bertz CT molecular complexity index is 2160. The lowest BCUT2D eigenvalue weighted by atomic mass is 9.72. The molecule has 0 amide bonds. The van der Waals surface area contributed by atoms with Gasteiger partial charge in [0.25, 0.3) is 0 Å². The molecule has 3 atom stereocenters. The monoisotopic (exact) mass is 806 g/mol. The summed E-state index contributed by atoms with van der Waals surface area (Å²) in [6.45, 7) is 16.5. The number of carboxylic acids is 1. The minimum atomic E-state index is -2.27. The highest BCUT2D eigenvalue weighted by atomic mass is 79.9. The highest BCUT2D eigenvalue weighted by molar-refractivity contribution is 9.10. The third kappa shape index (κ3) is 6.52. The van der Waals surface area contributed by atoms with E-state index in [4.69, 9.17) is 18.9 Å². The number of rotatable bonds is 7. The number of esters is 3. The minimum Gasteiger partial charge on any atom is -0.506 e. The number of phenolic OH excluding ortho intramolecular Hbond substituents is 1. The first kappa shape index (κ1) is 40.3. The Hall–Kier alpha value is -4.85. The Kier molecular flexibility index (Phi) is 11.0. The van der Waals surface area contributed by atoms with Gasteiger partial charge in [-0.25, -0.2) is 19.2 Å². The Labute approximate surface area is 321 Å². The van der Waals surface area contributed by atoms with E-state index in [9.17, 15) is 39.3 Å². The molecule has 3 aromatic carbocycles. The number of aliphatic hydroxyl groups is 1. The number of hydrogen-bond acceptors (Lipinski definition) is 11. The summed E-state index contributed by atoms with van der Waals surface area (Å²) < 4.78 is 23.0. The number of aromatic hydroxyl groups is 1. The maximum absolute atomic E-state index is 13.7. The molecule has 3 aromatic rings. The Balaban J connectivity index is 1.43. The molecule has 0 spiro atoms. The van der Waals surface area contributed by atoms with Gasteiger partial charge in [0.1, 0.15) is 33.4 Å². The summed E-state index contributed by atoms with van der Waals surface area (Å²) in [5.74, 6) is -5.05. The number of carboxylic acid groups (broad SMARTS) is 1. The molecule has 1 aliphatic heterocycles. The van der Waals surface area contributed by atoms with Crippen LogP contribution in [-0.4, -0.2) is 63.3 Å². The topological polar surface area (TPSA) is 183 Å². The van der Waals surface area contributed by atoms with Crippen LogP contribution >= 0.6 is 15.9 Å². The largest absolute Gasteiger partial charge is 0.506 e. The summed E-state index contributed by atoms with van der Waals surface area (Å²) in [6, 6.07) is 1.51. The first-order valence-corrected chi connectivity index (χ1v) is 18.1. The van der Waals surface area contributed by atoms with E-state index in [1.807, 2.05) is 0 Å². The van der Waals surface area contributed by atoms with Crippen LogP contribution in [0.3, 0.4) is 0 Å². The van der Waals surface area contributed by atoms with Crippen LogP contribution in [0.5, 0.6) is 23.0 Å². The molecule has 1 heterocycles. The Morgan fingerprint density at radius 2 is 1.30 bits per heavy atom. The van der Waals surface area contributed by atoms with Gasteiger partial charge in [0.2, 0.25) is 5.60 Å². The van der Waals surface area contributed by atoms with Crippen LogP contribution in [0.2, 0.25) is 0 Å². The van der Waals surface area contributed by atoms with Crippen molar-refractivity contribution < 1.29 is 58.2 Å². The molecule has 13 heteroatoms. The van der Waals surface area contributed by atoms with Crippen LogP contribution in [-0.2, 0) is 14.3 Å². The molecule has 3 N–H and O–H groups in total. The van der Waals surface area contributed by atoms with Crippen molar-refractivity contribution in [1.29, 1.82) is 0 Å². The average Bonchev–Trinajstić information content (AvgIpc) is 3.11. The van der Waals surface area contributed by atoms with Crippen molar-refractivity contribution in [1.82, 2.24) is 0 Å². The molecule has 0 radical (unpaired) electrons. The second-order valence-electron chi connectivity index (χ2n) is 14.1. The normalized spacial score (nSPS) is 19.5. The van der Waals surface area contributed by atoms with Gasteiger partial charge in [-0.3, -0.25) is 4.79 Å². The number of benzene rings is 3. The van der Waals surface area contributed by atoms with Gasteiger partial charge in [-0.2, -0.15) is 0 Å². The number of hydrogen-bond donors (Lipinski definition) is 3. The Morgan fingerprint density at radius 3 is 1.89 bits per heavy atom. The van der Waals surface area contributed by atoms with Gasteiger partial charge in [0.05, 0.1) is 17.0 Å². The number of allylic oxidation sites excluding steroid dienone is 1. The van der Waals surface area contributed by atoms with Crippen molar-refractivity contribution in [3.8, 4) is 23.0 Å². The lowest BCUT2D eigenvalue weighted by Gasteiger charge is -2.43. The number of phenols is 1. The van der Waals surface area contributed by atoms with Gasteiger partial charge >= 0.3 is 23.9 Å². The van der Waals surface area contributed by atoms with Gasteiger partial charge in [-0.05, 0) is 166 Å². The molecule has 2 aliphatic rings. The van der Waals surface area contributed by atoms with Crippen LogP contribution in [0, 0.1) is 68.2 Å². The molecule has 1 fully saturated rings. The van der Waals surface area contributed by atoms with Gasteiger partial charge in [0, 0.05) is 6.61 Å². The summed E-state index contributed by atoms with van der Waals surface area (Å²) in [4.78, 5) is 65.6. The summed E-state index contributed by atoms with van der Waals surface area (Å²) in [5.41, 5.74) is 1.91. The molecule has 1 saturated heterocycles. The average molecular weight is 808 g/mol.